The normalized spacial score (nSPS) is 29.5. The average Bonchev–Trinajstić information content (AvgIpc) is 2.79. The van der Waals surface area contributed by atoms with Crippen LogP contribution in [0.1, 0.15) is 18.8 Å². The van der Waals surface area contributed by atoms with Gasteiger partial charge in [0.2, 0.25) is 12.2 Å². The van der Waals surface area contributed by atoms with Crippen LogP contribution in [0.25, 0.3) is 0 Å². The van der Waals surface area contributed by atoms with Crippen LogP contribution in [0.2, 0.25) is 0 Å². The van der Waals surface area contributed by atoms with Crippen LogP contribution in [0, 0.1) is 0 Å². The van der Waals surface area contributed by atoms with Crippen LogP contribution in [0.4, 0.5) is 0 Å². The Morgan fingerprint density at radius 3 is 2.41 bits per heavy atom. The van der Waals surface area contributed by atoms with Crippen LogP contribution in [0.5, 0.6) is 5.75 Å². The summed E-state index contributed by atoms with van der Waals surface area (Å²) in [4.78, 5) is 23.2. The van der Waals surface area contributed by atoms with E-state index in [0.717, 1.165) is 5.56 Å². The molecule has 2 N–H and O–H groups in total. The number of aliphatic carboxylic acids is 1. The molecular weight excluding hydrogens is 418 g/mol. The van der Waals surface area contributed by atoms with Gasteiger partial charge in [-0.2, -0.15) is 0 Å². The molecule has 6 atom stereocenters. The topological polar surface area (TPSA) is 113 Å². The van der Waals surface area contributed by atoms with Crippen LogP contribution in [-0.4, -0.2) is 60.8 Å². The zero-order chi connectivity index (χ0) is 22.5. The van der Waals surface area contributed by atoms with Crippen molar-refractivity contribution in [2.24, 2.45) is 0 Å². The molecule has 9 nitrogen and oxygen atoms in total. The summed E-state index contributed by atoms with van der Waals surface area (Å²) >= 11 is 0. The molecule has 0 aromatic heterocycles. The second kappa shape index (κ2) is 10.1. The fraction of sp³-hybridized carbons (Fsp3) is 0.391. The van der Waals surface area contributed by atoms with Gasteiger partial charge in [-0.1, -0.05) is 48.5 Å². The quantitative estimate of drug-likeness (QED) is 0.667. The molecule has 2 saturated heterocycles. The van der Waals surface area contributed by atoms with Crippen molar-refractivity contribution in [1.29, 1.82) is 0 Å². The lowest BCUT2D eigenvalue weighted by atomic mass is 9.95. The standard InChI is InChI=1S/C23H25NO8/c1-14(25)24-19-21(28-13-18(26)27)20-17(31-23(19)30-16-10-6-3-7-11-16)12-29-22(32-20)15-8-4-2-5-9-15/h2-11,17,19-23H,12-13H2,1H3,(H,24,25)(H,26,27)/t17-,19-,20+,21+,22+,23+/m1/s1. The number of rotatable bonds is 7. The number of para-hydroxylation sites is 1. The van der Waals surface area contributed by atoms with Gasteiger partial charge >= 0.3 is 5.97 Å². The third kappa shape index (κ3) is 5.25. The molecule has 1 amide bonds. The highest BCUT2D eigenvalue weighted by atomic mass is 16.8. The van der Waals surface area contributed by atoms with E-state index in [1.54, 1.807) is 12.1 Å². The van der Waals surface area contributed by atoms with E-state index in [1.165, 1.54) is 6.92 Å². The lowest BCUT2D eigenvalue weighted by Crippen LogP contribution is -2.68. The van der Waals surface area contributed by atoms with E-state index in [2.05, 4.69) is 5.32 Å². The lowest BCUT2D eigenvalue weighted by molar-refractivity contribution is -0.337. The molecular formula is C23H25NO8. The predicted molar refractivity (Wildman–Crippen MR) is 111 cm³/mol. The van der Waals surface area contributed by atoms with Gasteiger partial charge < -0.3 is 34.1 Å². The molecule has 170 valence electrons. The van der Waals surface area contributed by atoms with E-state index < -0.39 is 49.5 Å². The fourth-order valence-corrected chi connectivity index (χ4v) is 3.84. The molecule has 2 aromatic carbocycles. The number of carbonyl (C=O) groups excluding carboxylic acids is 1. The first-order valence-corrected chi connectivity index (χ1v) is 10.3. The molecule has 2 aromatic rings. The predicted octanol–water partition coefficient (Wildman–Crippen LogP) is 1.88. The summed E-state index contributed by atoms with van der Waals surface area (Å²) in [6.07, 6.45) is -3.76. The van der Waals surface area contributed by atoms with Gasteiger partial charge in [-0.25, -0.2) is 4.79 Å². The van der Waals surface area contributed by atoms with Gasteiger partial charge in [0.15, 0.2) is 6.29 Å². The number of carboxylic acids is 1. The summed E-state index contributed by atoms with van der Waals surface area (Å²) in [6.45, 7) is 0.971. The van der Waals surface area contributed by atoms with Crippen molar-refractivity contribution in [3.05, 3.63) is 66.2 Å². The minimum absolute atomic E-state index is 0.179. The molecule has 2 fully saturated rings. The first-order valence-electron chi connectivity index (χ1n) is 10.3. The van der Waals surface area contributed by atoms with E-state index in [-0.39, 0.29) is 12.5 Å². The van der Waals surface area contributed by atoms with Crippen molar-refractivity contribution >= 4 is 11.9 Å². The Labute approximate surface area is 185 Å². The highest BCUT2D eigenvalue weighted by molar-refractivity contribution is 5.73. The largest absolute Gasteiger partial charge is 0.480 e. The number of hydrogen-bond acceptors (Lipinski definition) is 7. The molecule has 32 heavy (non-hydrogen) atoms. The monoisotopic (exact) mass is 443 g/mol. The number of amides is 1. The van der Waals surface area contributed by atoms with Crippen LogP contribution < -0.4 is 10.1 Å². The number of carbonyl (C=O) groups is 2. The third-order valence-corrected chi connectivity index (χ3v) is 5.18. The Hall–Kier alpha value is -2.98. The highest BCUT2D eigenvalue weighted by Crippen LogP contribution is 2.36. The number of nitrogens with one attached hydrogen (secondary N) is 1. The molecule has 0 radical (unpaired) electrons. The highest BCUT2D eigenvalue weighted by Gasteiger charge is 2.52. The van der Waals surface area contributed by atoms with Crippen LogP contribution >= 0.6 is 0 Å². The fourth-order valence-electron chi connectivity index (χ4n) is 3.84. The molecule has 0 spiro atoms. The summed E-state index contributed by atoms with van der Waals surface area (Å²) in [5, 5.41) is 12.0. The molecule has 2 heterocycles. The van der Waals surface area contributed by atoms with E-state index in [9.17, 15) is 14.7 Å². The zero-order valence-electron chi connectivity index (χ0n) is 17.5. The molecule has 0 bridgehead atoms. The molecule has 2 aliphatic heterocycles. The molecule has 4 rings (SSSR count). The maximum atomic E-state index is 12.0. The smallest absolute Gasteiger partial charge is 0.329 e. The summed E-state index contributed by atoms with van der Waals surface area (Å²) in [7, 11) is 0. The Morgan fingerprint density at radius 1 is 1.06 bits per heavy atom. The Bertz CT molecular complexity index is 909. The SMILES string of the molecule is CC(=O)N[C@H]1[C@@H](Oc2ccccc2)O[C@@H]2CO[C@H](c3ccccc3)O[C@@H]2[C@H]1OCC(=O)O. The van der Waals surface area contributed by atoms with Gasteiger partial charge in [0.1, 0.15) is 36.7 Å². The zero-order valence-corrected chi connectivity index (χ0v) is 17.5. The molecule has 9 heteroatoms. The summed E-state index contributed by atoms with van der Waals surface area (Å²) in [5.74, 6) is -0.945. The van der Waals surface area contributed by atoms with Crippen LogP contribution in [0.3, 0.4) is 0 Å². The Morgan fingerprint density at radius 2 is 1.75 bits per heavy atom. The number of benzene rings is 2. The second-order valence-corrected chi connectivity index (χ2v) is 7.55. The Kier molecular flexibility index (Phi) is 7.01. The first-order chi connectivity index (χ1) is 15.5. The van der Waals surface area contributed by atoms with Gasteiger partial charge in [0.05, 0.1) is 6.61 Å². The van der Waals surface area contributed by atoms with Crippen molar-refractivity contribution in [3.63, 3.8) is 0 Å². The van der Waals surface area contributed by atoms with Gasteiger partial charge in [0, 0.05) is 12.5 Å². The van der Waals surface area contributed by atoms with E-state index in [4.69, 9.17) is 23.7 Å². The number of ether oxygens (including phenoxy) is 5. The summed E-state index contributed by atoms with van der Waals surface area (Å²) in [6, 6.07) is 17.5. The molecule has 0 unspecified atom stereocenters. The van der Waals surface area contributed by atoms with Crippen molar-refractivity contribution < 1.29 is 38.4 Å². The minimum atomic E-state index is -1.14. The number of carboxylic acid groups (broad SMARTS) is 1. The van der Waals surface area contributed by atoms with E-state index >= 15 is 0 Å². The van der Waals surface area contributed by atoms with Gasteiger partial charge in [-0.15, -0.1) is 0 Å². The molecule has 0 saturated carbocycles. The number of fused-ring (bicyclic) bond motifs is 1. The molecule has 2 aliphatic rings. The van der Waals surface area contributed by atoms with Gasteiger partial charge in [-0.05, 0) is 12.1 Å². The lowest BCUT2D eigenvalue weighted by Gasteiger charge is -2.49. The van der Waals surface area contributed by atoms with Crippen molar-refractivity contribution in [2.45, 2.75) is 43.9 Å². The maximum absolute atomic E-state index is 12.0. The Balaban J connectivity index is 1.61. The van der Waals surface area contributed by atoms with Crippen LogP contribution in [0.15, 0.2) is 60.7 Å². The van der Waals surface area contributed by atoms with Crippen LogP contribution in [-0.2, 0) is 28.5 Å². The minimum Gasteiger partial charge on any atom is -0.480 e. The van der Waals surface area contributed by atoms with Crippen molar-refractivity contribution in [2.75, 3.05) is 13.2 Å². The van der Waals surface area contributed by atoms with E-state index in [0.29, 0.717) is 5.75 Å². The summed E-state index contributed by atoms with van der Waals surface area (Å²) < 4.78 is 29.9. The van der Waals surface area contributed by atoms with E-state index in [1.807, 2.05) is 48.5 Å². The average molecular weight is 443 g/mol. The second-order valence-electron chi connectivity index (χ2n) is 7.55. The summed E-state index contributed by atoms with van der Waals surface area (Å²) in [5.41, 5.74) is 0.807. The van der Waals surface area contributed by atoms with Gasteiger partial charge in [0.25, 0.3) is 0 Å². The van der Waals surface area contributed by atoms with Gasteiger partial charge in [-0.3, -0.25) is 4.79 Å². The maximum Gasteiger partial charge on any atom is 0.329 e. The number of hydrogen-bond donors (Lipinski definition) is 2. The third-order valence-electron chi connectivity index (χ3n) is 5.18. The van der Waals surface area contributed by atoms with Crippen molar-refractivity contribution in [3.8, 4) is 5.75 Å². The molecule has 0 aliphatic carbocycles. The van der Waals surface area contributed by atoms with Crippen molar-refractivity contribution in [1.82, 2.24) is 5.32 Å². The first kappa shape index (κ1) is 22.2.